The van der Waals surface area contributed by atoms with E-state index in [4.69, 9.17) is 30.2 Å². The third-order valence-electron chi connectivity index (χ3n) is 5.14. The highest BCUT2D eigenvalue weighted by Crippen LogP contribution is 2.45. The van der Waals surface area contributed by atoms with Gasteiger partial charge in [0.15, 0.2) is 0 Å². The number of halogens is 1. The van der Waals surface area contributed by atoms with Crippen LogP contribution in [0.25, 0.3) is 10.4 Å². The summed E-state index contributed by atoms with van der Waals surface area (Å²) in [4.78, 5) is 38.7. The minimum atomic E-state index is -4.57. The van der Waals surface area contributed by atoms with Crippen LogP contribution >= 0.6 is 20.2 Å². The Hall–Kier alpha value is -2.67. The number of rotatable bonds is 10. The fourth-order valence-corrected chi connectivity index (χ4v) is 4.18. The molecule has 1 aromatic carbocycles. The van der Waals surface area contributed by atoms with Gasteiger partial charge in [-0.05, 0) is 36.6 Å². The zero-order chi connectivity index (χ0) is 24.9. The van der Waals surface area contributed by atoms with Gasteiger partial charge in [0, 0.05) is 29.1 Å². The van der Waals surface area contributed by atoms with Crippen LogP contribution in [-0.2, 0) is 20.2 Å². The predicted octanol–water partition coefficient (Wildman–Crippen LogP) is 1.29. The Kier molecular flexibility index (Phi) is 10.1. The van der Waals surface area contributed by atoms with Gasteiger partial charge in [-0.3, -0.25) is 23.8 Å². The molecule has 0 bridgehead atoms. The molecule has 1 aliphatic rings. The summed E-state index contributed by atoms with van der Waals surface area (Å²) in [7, 11) is -4.57. The Morgan fingerprint density at radius 3 is 2.71 bits per heavy atom. The summed E-state index contributed by atoms with van der Waals surface area (Å²) in [5, 5.41) is 12.6. The van der Waals surface area contributed by atoms with E-state index in [0.29, 0.717) is 6.42 Å². The van der Waals surface area contributed by atoms with E-state index in [1.165, 1.54) is 25.3 Å². The molecule has 1 saturated heterocycles. The second-order valence-corrected chi connectivity index (χ2v) is 9.14. The van der Waals surface area contributed by atoms with E-state index in [0.717, 1.165) is 10.1 Å². The van der Waals surface area contributed by atoms with Gasteiger partial charge >= 0.3 is 13.5 Å². The Morgan fingerprint density at radius 1 is 1.40 bits per heavy atom. The van der Waals surface area contributed by atoms with Crippen molar-refractivity contribution in [1.82, 2.24) is 9.55 Å². The van der Waals surface area contributed by atoms with Crippen LogP contribution in [0.15, 0.2) is 45.2 Å². The standard InChI is InChI=1S/C19H25N6O8P.ClH/c1-11-8-25(19(28)22-18(11)27)17-7-15(23-24-21)16(32-17)10-31-34(29,30)33-14-4-2-12(3-5-14)6-13(20)9-26;/h2-5,8,13,15-17,26H,6-7,9-10,20H2,1H3,(H,29,30)(H,22,27,28);1H/t13-,15?,16+,17+;/m0./s1. The van der Waals surface area contributed by atoms with Crippen molar-refractivity contribution in [2.45, 2.75) is 44.2 Å². The van der Waals surface area contributed by atoms with Crippen molar-refractivity contribution in [1.29, 1.82) is 0 Å². The average molecular weight is 533 g/mol. The van der Waals surface area contributed by atoms with Gasteiger partial charge in [-0.15, -0.1) is 12.4 Å². The first-order valence-corrected chi connectivity index (χ1v) is 11.8. The number of benzene rings is 1. The largest absolute Gasteiger partial charge is 0.527 e. The molecule has 2 unspecified atom stereocenters. The molecule has 5 atom stereocenters. The number of aryl methyl sites for hydroxylation is 1. The molecule has 0 saturated carbocycles. The van der Waals surface area contributed by atoms with E-state index in [1.54, 1.807) is 12.1 Å². The van der Waals surface area contributed by atoms with Crippen LogP contribution < -0.4 is 21.5 Å². The molecule has 0 aliphatic carbocycles. The summed E-state index contributed by atoms with van der Waals surface area (Å²) < 4.78 is 29.4. The van der Waals surface area contributed by atoms with E-state index in [2.05, 4.69) is 15.0 Å². The van der Waals surface area contributed by atoms with Crippen LogP contribution in [0.3, 0.4) is 0 Å². The average Bonchev–Trinajstić information content (AvgIpc) is 3.19. The van der Waals surface area contributed by atoms with Gasteiger partial charge in [-0.1, -0.05) is 17.2 Å². The molecule has 192 valence electrons. The lowest BCUT2D eigenvalue weighted by atomic mass is 10.1. The number of nitrogens with two attached hydrogens (primary N) is 1. The highest BCUT2D eigenvalue weighted by molar-refractivity contribution is 7.47. The number of phosphoric ester groups is 1. The minimum absolute atomic E-state index is 0. The molecule has 3 rings (SSSR count). The number of aliphatic hydroxyl groups is 1. The van der Waals surface area contributed by atoms with E-state index >= 15 is 0 Å². The maximum Gasteiger partial charge on any atom is 0.527 e. The number of ether oxygens (including phenoxy) is 1. The number of phosphoric acid groups is 1. The molecule has 16 heteroatoms. The zero-order valence-electron chi connectivity index (χ0n) is 18.6. The summed E-state index contributed by atoms with van der Waals surface area (Å²) in [6.45, 7) is 0.881. The zero-order valence-corrected chi connectivity index (χ0v) is 20.3. The highest BCUT2D eigenvalue weighted by Gasteiger charge is 2.38. The quantitative estimate of drug-likeness (QED) is 0.150. The van der Waals surface area contributed by atoms with Crippen molar-refractivity contribution in [3.8, 4) is 5.75 Å². The van der Waals surface area contributed by atoms with E-state index in [1.807, 2.05) is 0 Å². The smallest absolute Gasteiger partial charge is 0.404 e. The fourth-order valence-electron chi connectivity index (χ4n) is 3.40. The number of aliphatic hydroxyl groups excluding tert-OH is 1. The van der Waals surface area contributed by atoms with Gasteiger partial charge in [-0.25, -0.2) is 9.36 Å². The molecular formula is C19H26ClN6O8P. The van der Waals surface area contributed by atoms with E-state index < -0.39 is 50.1 Å². The lowest BCUT2D eigenvalue weighted by Gasteiger charge is -2.19. The van der Waals surface area contributed by atoms with Gasteiger partial charge in [-0.2, -0.15) is 0 Å². The van der Waals surface area contributed by atoms with E-state index in [9.17, 15) is 19.0 Å². The molecule has 2 heterocycles. The topological polar surface area (TPSA) is 215 Å². The van der Waals surface area contributed by atoms with Gasteiger partial charge in [0.05, 0.1) is 25.4 Å². The molecule has 0 amide bonds. The second kappa shape index (κ2) is 12.3. The maximum atomic E-state index is 12.4. The van der Waals surface area contributed by atoms with Gasteiger partial charge in [0.25, 0.3) is 5.56 Å². The van der Waals surface area contributed by atoms with Crippen LogP contribution in [0.1, 0.15) is 23.8 Å². The van der Waals surface area contributed by atoms with Crippen LogP contribution in [0, 0.1) is 6.92 Å². The molecule has 1 aromatic heterocycles. The Labute approximate surface area is 205 Å². The molecule has 35 heavy (non-hydrogen) atoms. The Bertz CT molecular complexity index is 1220. The number of azide groups is 1. The van der Waals surface area contributed by atoms with Crippen molar-refractivity contribution in [3.63, 3.8) is 0 Å². The van der Waals surface area contributed by atoms with Gasteiger partial charge in [0.2, 0.25) is 0 Å². The monoisotopic (exact) mass is 532 g/mol. The normalized spacial score (nSPS) is 21.9. The Balaban J connectivity index is 0.00000432. The van der Waals surface area contributed by atoms with Crippen LogP contribution in [0.2, 0.25) is 0 Å². The molecule has 14 nitrogen and oxygen atoms in total. The minimum Gasteiger partial charge on any atom is -0.404 e. The first kappa shape index (κ1) is 28.6. The number of nitrogens with one attached hydrogen (secondary N) is 1. The van der Waals surface area contributed by atoms with Crippen LogP contribution in [-0.4, -0.2) is 51.0 Å². The van der Waals surface area contributed by atoms with Crippen molar-refractivity contribution in [2.75, 3.05) is 13.2 Å². The first-order valence-electron chi connectivity index (χ1n) is 10.3. The molecular weight excluding hydrogens is 507 g/mol. The van der Waals surface area contributed by atoms with Crippen molar-refractivity contribution >= 4 is 20.2 Å². The number of aromatic amines is 1. The summed E-state index contributed by atoms with van der Waals surface area (Å²) in [5.74, 6) is 0.0687. The number of nitrogens with zero attached hydrogens (tertiary/aromatic N) is 4. The predicted molar refractivity (Wildman–Crippen MR) is 126 cm³/mol. The third-order valence-corrected chi connectivity index (χ3v) is 6.06. The molecule has 5 N–H and O–H groups in total. The maximum absolute atomic E-state index is 12.4. The van der Waals surface area contributed by atoms with Crippen molar-refractivity contribution in [3.05, 3.63) is 72.9 Å². The highest BCUT2D eigenvalue weighted by atomic mass is 35.5. The number of hydrogen-bond donors (Lipinski definition) is 4. The summed E-state index contributed by atoms with van der Waals surface area (Å²) in [6.07, 6.45) is -0.0183. The summed E-state index contributed by atoms with van der Waals surface area (Å²) in [5.41, 5.74) is 14.4. The number of H-pyrrole nitrogens is 1. The SMILES string of the molecule is Cc1cn([C@H]2CC(N=[N+]=[N-])[C@@H](COP(=O)(O)Oc3ccc(C[C@H](N)CO)cc3)O2)c(=O)[nH]c1=O.Cl. The molecule has 0 radical (unpaired) electrons. The summed E-state index contributed by atoms with van der Waals surface area (Å²) in [6, 6.07) is 4.97. The lowest BCUT2D eigenvalue weighted by molar-refractivity contribution is -0.0263. The molecule has 1 aliphatic heterocycles. The van der Waals surface area contributed by atoms with Crippen LogP contribution in [0.4, 0.5) is 0 Å². The van der Waals surface area contributed by atoms with Gasteiger partial charge in [0.1, 0.15) is 12.0 Å². The fraction of sp³-hybridized carbons (Fsp3) is 0.474. The number of aromatic nitrogens is 2. The molecule has 1 fully saturated rings. The molecule has 0 spiro atoms. The van der Waals surface area contributed by atoms with Gasteiger partial charge < -0.3 is 20.1 Å². The summed E-state index contributed by atoms with van der Waals surface area (Å²) >= 11 is 0. The number of hydrogen-bond acceptors (Lipinski definition) is 9. The second-order valence-electron chi connectivity index (χ2n) is 7.76. The van der Waals surface area contributed by atoms with Crippen molar-refractivity contribution in [2.24, 2.45) is 10.8 Å². The first-order chi connectivity index (χ1) is 16.1. The molecule has 2 aromatic rings. The lowest BCUT2D eigenvalue weighted by Crippen LogP contribution is -2.33. The van der Waals surface area contributed by atoms with E-state index in [-0.39, 0.29) is 36.7 Å². The third kappa shape index (κ3) is 7.66. The van der Waals surface area contributed by atoms with Crippen molar-refractivity contribution < 1.29 is 28.3 Å². The Morgan fingerprint density at radius 2 is 2.09 bits per heavy atom. The van der Waals surface area contributed by atoms with Crippen LogP contribution in [0.5, 0.6) is 5.75 Å².